The lowest BCUT2D eigenvalue weighted by molar-refractivity contribution is -0.141. The van der Waals surface area contributed by atoms with Gasteiger partial charge >= 0.3 is 5.97 Å². The van der Waals surface area contributed by atoms with Gasteiger partial charge in [0.25, 0.3) is 0 Å². The van der Waals surface area contributed by atoms with E-state index in [1.54, 1.807) is 25.1 Å². The molecule has 0 radical (unpaired) electrons. The fraction of sp³-hybridized carbons (Fsp3) is 0.300. The van der Waals surface area contributed by atoms with Crippen molar-refractivity contribution in [2.45, 2.75) is 33.2 Å². The van der Waals surface area contributed by atoms with Crippen LogP contribution in [0.5, 0.6) is 0 Å². The van der Waals surface area contributed by atoms with E-state index in [4.69, 9.17) is 27.9 Å². The molecule has 144 valence electrons. The van der Waals surface area contributed by atoms with Gasteiger partial charge in [0, 0.05) is 21.4 Å². The van der Waals surface area contributed by atoms with Crippen LogP contribution in [0.4, 0.5) is 11.4 Å². The summed E-state index contributed by atoms with van der Waals surface area (Å²) in [7, 11) is 1.35. The molecular weight excluding hydrogens is 387 g/mol. The van der Waals surface area contributed by atoms with Crippen LogP contribution in [0.2, 0.25) is 10.0 Å². The van der Waals surface area contributed by atoms with Crippen LogP contribution in [0.25, 0.3) is 0 Å². The standard InChI is InChI=1S/C20H22Cl2N2O3/c1-11-5-6-14(12(2)19(11)23-13(3)20(26)27-4)7-18(25)24-17-9-15(21)8-16(22)10-17/h5-6,8-10,13,23H,7H2,1-4H3,(H,24,25). The van der Waals surface area contributed by atoms with Crippen molar-refractivity contribution in [1.82, 2.24) is 0 Å². The number of hydrogen-bond acceptors (Lipinski definition) is 4. The Kier molecular flexibility index (Phi) is 7.11. The van der Waals surface area contributed by atoms with Crippen LogP contribution in [0.3, 0.4) is 0 Å². The monoisotopic (exact) mass is 408 g/mol. The minimum absolute atomic E-state index is 0.178. The van der Waals surface area contributed by atoms with Crippen molar-refractivity contribution in [3.63, 3.8) is 0 Å². The van der Waals surface area contributed by atoms with Gasteiger partial charge in [-0.15, -0.1) is 0 Å². The Balaban J connectivity index is 2.17. The molecule has 0 fully saturated rings. The number of methoxy groups -OCH3 is 1. The normalized spacial score (nSPS) is 11.6. The molecule has 1 atom stereocenters. The molecule has 27 heavy (non-hydrogen) atoms. The van der Waals surface area contributed by atoms with Gasteiger partial charge in [-0.2, -0.15) is 0 Å². The summed E-state index contributed by atoms with van der Waals surface area (Å²) < 4.78 is 4.76. The summed E-state index contributed by atoms with van der Waals surface area (Å²) in [6, 6.07) is 8.20. The van der Waals surface area contributed by atoms with Gasteiger partial charge in [-0.3, -0.25) is 4.79 Å². The topological polar surface area (TPSA) is 67.4 Å². The number of amides is 1. The molecule has 2 aromatic rings. The van der Waals surface area contributed by atoms with Crippen LogP contribution in [-0.2, 0) is 20.7 Å². The third kappa shape index (κ3) is 5.62. The number of hydrogen-bond donors (Lipinski definition) is 2. The highest BCUT2D eigenvalue weighted by molar-refractivity contribution is 6.35. The Morgan fingerprint density at radius 1 is 1.11 bits per heavy atom. The number of rotatable bonds is 6. The molecule has 0 heterocycles. The van der Waals surface area contributed by atoms with Gasteiger partial charge in [0.1, 0.15) is 6.04 Å². The van der Waals surface area contributed by atoms with Crippen LogP contribution in [0.15, 0.2) is 30.3 Å². The summed E-state index contributed by atoms with van der Waals surface area (Å²) in [6.07, 6.45) is 0.178. The van der Waals surface area contributed by atoms with Gasteiger partial charge in [-0.05, 0) is 55.7 Å². The number of benzene rings is 2. The molecule has 2 rings (SSSR count). The SMILES string of the molecule is COC(=O)C(C)Nc1c(C)ccc(CC(=O)Nc2cc(Cl)cc(Cl)c2)c1C. The molecule has 2 aromatic carbocycles. The first-order valence-electron chi connectivity index (χ1n) is 8.40. The maximum atomic E-state index is 12.4. The van der Waals surface area contributed by atoms with Crippen molar-refractivity contribution < 1.29 is 14.3 Å². The molecular formula is C20H22Cl2N2O3. The highest BCUT2D eigenvalue weighted by Gasteiger charge is 2.17. The molecule has 5 nitrogen and oxygen atoms in total. The van der Waals surface area contributed by atoms with E-state index < -0.39 is 6.04 Å². The first-order chi connectivity index (χ1) is 12.7. The molecule has 0 aliphatic heterocycles. The number of aryl methyl sites for hydroxylation is 1. The van der Waals surface area contributed by atoms with Crippen molar-refractivity contribution in [2.75, 3.05) is 17.7 Å². The minimum Gasteiger partial charge on any atom is -0.467 e. The van der Waals surface area contributed by atoms with Gasteiger partial charge < -0.3 is 15.4 Å². The number of nitrogens with one attached hydrogen (secondary N) is 2. The fourth-order valence-corrected chi connectivity index (χ4v) is 3.29. The van der Waals surface area contributed by atoms with E-state index in [1.165, 1.54) is 7.11 Å². The number of halogens is 2. The van der Waals surface area contributed by atoms with Crippen LogP contribution >= 0.6 is 23.2 Å². The Bertz CT molecular complexity index is 848. The van der Waals surface area contributed by atoms with E-state index in [-0.39, 0.29) is 18.3 Å². The second-order valence-electron chi connectivity index (χ2n) is 6.31. The summed E-state index contributed by atoms with van der Waals surface area (Å²) in [6.45, 7) is 5.59. The number of anilines is 2. The molecule has 0 aliphatic carbocycles. The average molecular weight is 409 g/mol. The molecule has 1 unspecified atom stereocenters. The number of carbonyl (C=O) groups is 2. The smallest absolute Gasteiger partial charge is 0.327 e. The van der Waals surface area contributed by atoms with Crippen molar-refractivity contribution in [1.29, 1.82) is 0 Å². The van der Waals surface area contributed by atoms with Crippen LogP contribution in [0.1, 0.15) is 23.6 Å². The number of esters is 1. The largest absolute Gasteiger partial charge is 0.467 e. The molecule has 1 amide bonds. The summed E-state index contributed by atoms with van der Waals surface area (Å²) >= 11 is 11.9. The predicted octanol–water partition coefficient (Wildman–Crippen LogP) is 4.76. The van der Waals surface area contributed by atoms with E-state index in [1.807, 2.05) is 26.0 Å². The molecule has 7 heteroatoms. The Hall–Kier alpha value is -2.24. The summed E-state index contributed by atoms with van der Waals surface area (Å²) in [4.78, 5) is 24.1. The Morgan fingerprint density at radius 3 is 2.33 bits per heavy atom. The van der Waals surface area contributed by atoms with Crippen LogP contribution in [-0.4, -0.2) is 25.0 Å². The zero-order chi connectivity index (χ0) is 20.1. The van der Waals surface area contributed by atoms with Gasteiger partial charge in [0.05, 0.1) is 13.5 Å². The predicted molar refractivity (Wildman–Crippen MR) is 110 cm³/mol. The fourth-order valence-electron chi connectivity index (χ4n) is 2.76. The molecule has 0 saturated carbocycles. The first-order valence-corrected chi connectivity index (χ1v) is 9.16. The van der Waals surface area contributed by atoms with Crippen molar-refractivity contribution in [3.8, 4) is 0 Å². The lowest BCUT2D eigenvalue weighted by atomic mass is 9.99. The number of carbonyl (C=O) groups excluding carboxylic acids is 2. The highest BCUT2D eigenvalue weighted by Crippen LogP contribution is 2.26. The lowest BCUT2D eigenvalue weighted by Gasteiger charge is -2.19. The third-order valence-corrected chi connectivity index (χ3v) is 4.63. The Labute approximate surface area is 169 Å². The van der Waals surface area contributed by atoms with E-state index in [0.29, 0.717) is 15.7 Å². The maximum absolute atomic E-state index is 12.4. The zero-order valence-electron chi connectivity index (χ0n) is 15.7. The van der Waals surface area contributed by atoms with Gasteiger partial charge in [0.15, 0.2) is 0 Å². The van der Waals surface area contributed by atoms with Gasteiger partial charge in [-0.1, -0.05) is 35.3 Å². The quantitative estimate of drug-likeness (QED) is 0.675. The van der Waals surface area contributed by atoms with Gasteiger partial charge in [0.2, 0.25) is 5.91 Å². The van der Waals surface area contributed by atoms with Crippen LogP contribution in [0, 0.1) is 13.8 Å². The maximum Gasteiger partial charge on any atom is 0.327 e. The van der Waals surface area contributed by atoms with Crippen molar-refractivity contribution >= 4 is 46.5 Å². The van der Waals surface area contributed by atoms with E-state index in [2.05, 4.69) is 10.6 Å². The number of ether oxygens (including phenoxy) is 1. The Morgan fingerprint density at radius 2 is 1.74 bits per heavy atom. The van der Waals surface area contributed by atoms with Crippen LogP contribution < -0.4 is 10.6 Å². The first kappa shape index (κ1) is 21.1. The second kappa shape index (κ2) is 9.11. The summed E-state index contributed by atoms with van der Waals surface area (Å²) in [5.74, 6) is -0.540. The van der Waals surface area contributed by atoms with Crippen molar-refractivity contribution in [2.24, 2.45) is 0 Å². The van der Waals surface area contributed by atoms with Crippen molar-refractivity contribution in [3.05, 3.63) is 57.1 Å². The lowest BCUT2D eigenvalue weighted by Crippen LogP contribution is -2.28. The summed E-state index contributed by atoms with van der Waals surface area (Å²) in [5, 5.41) is 6.87. The zero-order valence-corrected chi connectivity index (χ0v) is 17.2. The third-order valence-electron chi connectivity index (χ3n) is 4.20. The van der Waals surface area contributed by atoms with E-state index in [0.717, 1.165) is 22.4 Å². The molecule has 0 aromatic heterocycles. The molecule has 2 N–H and O–H groups in total. The minimum atomic E-state index is -0.495. The summed E-state index contributed by atoms with van der Waals surface area (Å²) in [5.41, 5.74) is 4.11. The molecule has 0 aliphatic rings. The second-order valence-corrected chi connectivity index (χ2v) is 7.19. The average Bonchev–Trinajstić information content (AvgIpc) is 2.59. The van der Waals surface area contributed by atoms with E-state index in [9.17, 15) is 9.59 Å². The molecule has 0 spiro atoms. The highest BCUT2D eigenvalue weighted by atomic mass is 35.5. The molecule has 0 bridgehead atoms. The van der Waals surface area contributed by atoms with Gasteiger partial charge in [-0.25, -0.2) is 4.79 Å². The van der Waals surface area contributed by atoms with E-state index >= 15 is 0 Å². The molecule has 0 saturated heterocycles.